The highest BCUT2D eigenvalue weighted by molar-refractivity contribution is 5.17. The highest BCUT2D eigenvalue weighted by atomic mass is 16.5. The summed E-state index contributed by atoms with van der Waals surface area (Å²) in [7, 11) is 0. The molecule has 0 saturated carbocycles. The standard InChI is InChI=1S/C16H23NO/c1-4-15(14-10-6-5-7-11-14)18-13-9-8-12-16(2,3)17/h5-7,10-11,15H,4,9,13,17H2,1-3H3. The zero-order valence-corrected chi connectivity index (χ0v) is 11.6. The van der Waals surface area contributed by atoms with Crippen LogP contribution in [0.4, 0.5) is 0 Å². The van der Waals surface area contributed by atoms with Gasteiger partial charge in [-0.05, 0) is 25.8 Å². The van der Waals surface area contributed by atoms with Crippen molar-refractivity contribution < 1.29 is 4.74 Å². The van der Waals surface area contributed by atoms with Crippen LogP contribution in [0.5, 0.6) is 0 Å². The molecular formula is C16H23NO. The molecule has 1 atom stereocenters. The van der Waals surface area contributed by atoms with Crippen LogP contribution >= 0.6 is 0 Å². The number of ether oxygens (including phenoxy) is 1. The first kappa shape index (κ1) is 14.8. The summed E-state index contributed by atoms with van der Waals surface area (Å²) in [5.41, 5.74) is 6.60. The van der Waals surface area contributed by atoms with E-state index in [0.717, 1.165) is 12.8 Å². The average Bonchev–Trinajstić information content (AvgIpc) is 2.33. The van der Waals surface area contributed by atoms with Crippen LogP contribution < -0.4 is 5.73 Å². The van der Waals surface area contributed by atoms with Gasteiger partial charge in [0, 0.05) is 6.42 Å². The van der Waals surface area contributed by atoms with Crippen molar-refractivity contribution in [2.24, 2.45) is 5.73 Å². The lowest BCUT2D eigenvalue weighted by Crippen LogP contribution is -2.29. The monoisotopic (exact) mass is 245 g/mol. The Morgan fingerprint density at radius 3 is 2.50 bits per heavy atom. The van der Waals surface area contributed by atoms with E-state index in [9.17, 15) is 0 Å². The van der Waals surface area contributed by atoms with Gasteiger partial charge in [-0.3, -0.25) is 0 Å². The number of nitrogens with two attached hydrogens (primary N) is 1. The van der Waals surface area contributed by atoms with Crippen LogP contribution in [0.2, 0.25) is 0 Å². The van der Waals surface area contributed by atoms with Crippen molar-refractivity contribution in [1.82, 2.24) is 0 Å². The van der Waals surface area contributed by atoms with E-state index in [2.05, 4.69) is 30.9 Å². The summed E-state index contributed by atoms with van der Waals surface area (Å²) in [6.07, 6.45) is 1.86. The fraction of sp³-hybridized carbons (Fsp3) is 0.500. The minimum atomic E-state index is -0.413. The second-order valence-corrected chi connectivity index (χ2v) is 4.95. The Morgan fingerprint density at radius 1 is 1.28 bits per heavy atom. The van der Waals surface area contributed by atoms with Crippen molar-refractivity contribution in [3.63, 3.8) is 0 Å². The SMILES string of the molecule is CCC(OCCC#CC(C)(C)N)c1ccccc1. The Morgan fingerprint density at radius 2 is 1.94 bits per heavy atom. The third kappa shape index (κ3) is 5.86. The van der Waals surface area contributed by atoms with E-state index in [1.165, 1.54) is 5.56 Å². The van der Waals surface area contributed by atoms with Crippen LogP contribution in [-0.2, 0) is 4.74 Å². The Balaban J connectivity index is 2.39. The fourth-order valence-electron chi connectivity index (χ4n) is 1.66. The molecule has 2 N–H and O–H groups in total. The molecule has 0 heterocycles. The Bertz CT molecular complexity index is 395. The van der Waals surface area contributed by atoms with Crippen molar-refractivity contribution in [2.45, 2.75) is 45.3 Å². The van der Waals surface area contributed by atoms with Gasteiger partial charge in [0.15, 0.2) is 0 Å². The number of benzene rings is 1. The second-order valence-electron chi connectivity index (χ2n) is 4.95. The zero-order valence-electron chi connectivity index (χ0n) is 11.6. The smallest absolute Gasteiger partial charge is 0.0822 e. The first-order chi connectivity index (χ1) is 8.53. The van der Waals surface area contributed by atoms with Crippen LogP contribution in [0, 0.1) is 11.8 Å². The number of hydrogen-bond acceptors (Lipinski definition) is 2. The zero-order chi connectivity index (χ0) is 13.4. The largest absolute Gasteiger partial charge is 0.373 e. The summed E-state index contributed by atoms with van der Waals surface area (Å²) in [5, 5.41) is 0. The van der Waals surface area contributed by atoms with Crippen molar-refractivity contribution in [3.8, 4) is 11.8 Å². The van der Waals surface area contributed by atoms with Crippen LogP contribution in [0.15, 0.2) is 30.3 Å². The molecule has 0 aliphatic rings. The molecule has 0 radical (unpaired) electrons. The van der Waals surface area contributed by atoms with Gasteiger partial charge < -0.3 is 10.5 Å². The molecule has 98 valence electrons. The highest BCUT2D eigenvalue weighted by Crippen LogP contribution is 2.20. The second kappa shape index (κ2) is 7.20. The van der Waals surface area contributed by atoms with Gasteiger partial charge in [0.05, 0.1) is 18.2 Å². The Kier molecular flexibility index (Phi) is 5.91. The van der Waals surface area contributed by atoms with Gasteiger partial charge >= 0.3 is 0 Å². The predicted octanol–water partition coefficient (Wildman–Crippen LogP) is 3.29. The van der Waals surface area contributed by atoms with E-state index in [4.69, 9.17) is 10.5 Å². The normalized spacial score (nSPS) is 12.7. The lowest BCUT2D eigenvalue weighted by Gasteiger charge is -2.15. The number of rotatable bonds is 5. The maximum absolute atomic E-state index is 5.85. The topological polar surface area (TPSA) is 35.2 Å². The van der Waals surface area contributed by atoms with Gasteiger partial charge in [0.1, 0.15) is 0 Å². The molecule has 2 nitrogen and oxygen atoms in total. The Hall–Kier alpha value is -1.30. The third-order valence-electron chi connectivity index (χ3n) is 2.50. The molecule has 0 spiro atoms. The maximum Gasteiger partial charge on any atom is 0.0822 e. The van der Waals surface area contributed by atoms with E-state index in [1.54, 1.807) is 0 Å². The molecule has 0 aliphatic heterocycles. The molecule has 0 bridgehead atoms. The van der Waals surface area contributed by atoms with Gasteiger partial charge in [0.25, 0.3) is 0 Å². The summed E-state index contributed by atoms with van der Waals surface area (Å²) < 4.78 is 5.85. The molecule has 0 fully saturated rings. The van der Waals surface area contributed by atoms with Crippen molar-refractivity contribution >= 4 is 0 Å². The molecule has 18 heavy (non-hydrogen) atoms. The molecule has 0 amide bonds. The van der Waals surface area contributed by atoms with Gasteiger partial charge in [-0.15, -0.1) is 0 Å². The summed E-state index contributed by atoms with van der Waals surface area (Å²) in [4.78, 5) is 0. The van der Waals surface area contributed by atoms with Crippen LogP contribution in [0.25, 0.3) is 0 Å². The van der Waals surface area contributed by atoms with Crippen molar-refractivity contribution in [1.29, 1.82) is 0 Å². The average molecular weight is 245 g/mol. The molecule has 1 aromatic rings. The fourth-order valence-corrected chi connectivity index (χ4v) is 1.66. The molecule has 2 heteroatoms. The van der Waals surface area contributed by atoms with Gasteiger partial charge in [-0.1, -0.05) is 49.1 Å². The summed E-state index contributed by atoms with van der Waals surface area (Å²) in [6, 6.07) is 10.3. The molecule has 1 unspecified atom stereocenters. The van der Waals surface area contributed by atoms with Gasteiger partial charge in [-0.25, -0.2) is 0 Å². The van der Waals surface area contributed by atoms with Gasteiger partial charge in [0.2, 0.25) is 0 Å². The van der Waals surface area contributed by atoms with E-state index in [1.807, 2.05) is 32.0 Å². The van der Waals surface area contributed by atoms with Crippen molar-refractivity contribution in [3.05, 3.63) is 35.9 Å². The third-order valence-corrected chi connectivity index (χ3v) is 2.50. The first-order valence-electron chi connectivity index (χ1n) is 6.48. The minimum absolute atomic E-state index is 0.166. The van der Waals surface area contributed by atoms with Crippen LogP contribution in [0.1, 0.15) is 45.3 Å². The molecule has 0 saturated heterocycles. The molecule has 1 rings (SSSR count). The molecule has 0 aromatic heterocycles. The molecular weight excluding hydrogens is 222 g/mol. The Labute approximate surface area is 111 Å². The predicted molar refractivity (Wildman–Crippen MR) is 76.1 cm³/mol. The lowest BCUT2D eigenvalue weighted by atomic mass is 10.1. The van der Waals surface area contributed by atoms with Crippen LogP contribution in [-0.4, -0.2) is 12.1 Å². The highest BCUT2D eigenvalue weighted by Gasteiger charge is 2.08. The van der Waals surface area contributed by atoms with E-state index in [0.29, 0.717) is 6.61 Å². The van der Waals surface area contributed by atoms with Crippen LogP contribution in [0.3, 0.4) is 0 Å². The van der Waals surface area contributed by atoms with E-state index < -0.39 is 5.54 Å². The number of hydrogen-bond donors (Lipinski definition) is 1. The molecule has 1 aromatic carbocycles. The first-order valence-corrected chi connectivity index (χ1v) is 6.48. The summed E-state index contributed by atoms with van der Waals surface area (Å²) >= 11 is 0. The van der Waals surface area contributed by atoms with Crippen molar-refractivity contribution in [2.75, 3.05) is 6.61 Å². The van der Waals surface area contributed by atoms with E-state index in [-0.39, 0.29) is 6.10 Å². The minimum Gasteiger partial charge on any atom is -0.373 e. The quantitative estimate of drug-likeness (QED) is 0.638. The lowest BCUT2D eigenvalue weighted by molar-refractivity contribution is 0.0541. The summed E-state index contributed by atoms with van der Waals surface area (Å²) in [5.74, 6) is 6.06. The van der Waals surface area contributed by atoms with Gasteiger partial charge in [-0.2, -0.15) is 0 Å². The maximum atomic E-state index is 5.85. The summed E-state index contributed by atoms with van der Waals surface area (Å²) in [6.45, 7) is 6.59. The van der Waals surface area contributed by atoms with E-state index >= 15 is 0 Å². The molecule has 0 aliphatic carbocycles.